The van der Waals surface area contributed by atoms with Gasteiger partial charge in [0.1, 0.15) is 0 Å². The van der Waals surface area contributed by atoms with E-state index in [-0.39, 0.29) is 11.3 Å². The lowest BCUT2D eigenvalue weighted by molar-refractivity contribution is -0.125. The zero-order chi connectivity index (χ0) is 15.2. The minimum absolute atomic E-state index is 0.209. The summed E-state index contributed by atoms with van der Waals surface area (Å²) in [5, 5.41) is 4.18. The largest absolute Gasteiger partial charge is 0.472 e. The number of amides is 1. The molecule has 4 rings (SSSR count). The summed E-state index contributed by atoms with van der Waals surface area (Å²) >= 11 is 0. The highest BCUT2D eigenvalue weighted by Crippen LogP contribution is 2.42. The van der Waals surface area contributed by atoms with Gasteiger partial charge in [-0.05, 0) is 25.5 Å². The second-order valence-corrected chi connectivity index (χ2v) is 6.45. The molecule has 22 heavy (non-hydrogen) atoms. The van der Waals surface area contributed by atoms with Crippen LogP contribution in [0, 0.1) is 5.41 Å². The first-order chi connectivity index (χ1) is 10.7. The van der Waals surface area contributed by atoms with Crippen molar-refractivity contribution in [2.24, 2.45) is 12.5 Å². The van der Waals surface area contributed by atoms with Crippen LogP contribution in [-0.4, -0.2) is 40.2 Å². The molecule has 0 aliphatic carbocycles. The first kappa shape index (κ1) is 13.6. The Labute approximate surface area is 129 Å². The van der Waals surface area contributed by atoms with Gasteiger partial charge in [-0.3, -0.25) is 14.4 Å². The van der Waals surface area contributed by atoms with E-state index in [4.69, 9.17) is 4.42 Å². The van der Waals surface area contributed by atoms with Crippen molar-refractivity contribution in [3.63, 3.8) is 0 Å². The van der Waals surface area contributed by atoms with E-state index in [2.05, 4.69) is 10.00 Å². The fraction of sp³-hybridized carbons (Fsp3) is 0.500. The molecule has 0 unspecified atom stereocenters. The average molecular weight is 300 g/mol. The van der Waals surface area contributed by atoms with Crippen LogP contribution in [0.15, 0.2) is 35.4 Å². The summed E-state index contributed by atoms with van der Waals surface area (Å²) in [6.07, 6.45) is 9.04. The lowest BCUT2D eigenvalue weighted by atomic mass is 9.85. The van der Waals surface area contributed by atoms with E-state index in [0.29, 0.717) is 0 Å². The third-order valence-electron chi connectivity index (χ3n) is 4.93. The van der Waals surface area contributed by atoms with Crippen molar-refractivity contribution in [3.05, 3.63) is 36.5 Å². The monoisotopic (exact) mass is 300 g/mol. The number of furan rings is 1. The van der Waals surface area contributed by atoms with Crippen LogP contribution in [0.5, 0.6) is 0 Å². The van der Waals surface area contributed by atoms with E-state index in [1.54, 1.807) is 23.4 Å². The average Bonchev–Trinajstić information content (AvgIpc) is 3.25. The summed E-state index contributed by atoms with van der Waals surface area (Å²) < 4.78 is 6.87. The Morgan fingerprint density at radius 3 is 2.95 bits per heavy atom. The van der Waals surface area contributed by atoms with E-state index < -0.39 is 0 Å². The quantitative estimate of drug-likeness (QED) is 0.865. The van der Waals surface area contributed by atoms with Gasteiger partial charge in [-0.25, -0.2) is 0 Å². The lowest BCUT2D eigenvalue weighted by Crippen LogP contribution is -2.36. The predicted octanol–water partition coefficient (Wildman–Crippen LogP) is 1.64. The van der Waals surface area contributed by atoms with Gasteiger partial charge >= 0.3 is 0 Å². The molecule has 2 aromatic heterocycles. The molecule has 6 nitrogen and oxygen atoms in total. The Balaban J connectivity index is 1.48. The zero-order valence-corrected chi connectivity index (χ0v) is 12.7. The van der Waals surface area contributed by atoms with Crippen molar-refractivity contribution in [1.29, 1.82) is 0 Å². The van der Waals surface area contributed by atoms with Crippen LogP contribution in [0.4, 0.5) is 5.69 Å². The number of aryl methyl sites for hydroxylation is 1. The molecular weight excluding hydrogens is 280 g/mol. The van der Waals surface area contributed by atoms with E-state index in [9.17, 15) is 4.79 Å². The second kappa shape index (κ2) is 4.98. The van der Waals surface area contributed by atoms with Crippen LogP contribution in [-0.2, 0) is 18.4 Å². The minimum atomic E-state index is -0.209. The summed E-state index contributed by atoms with van der Waals surface area (Å²) in [6, 6.07) is 1.99. The van der Waals surface area contributed by atoms with Gasteiger partial charge in [0.2, 0.25) is 5.91 Å². The standard InChI is InChI=1S/C16H20N4O2/c1-18-10-14(8-17-18)20-6-4-16(15(20)21)3-5-19(12-16)9-13-2-7-22-11-13/h2,7-8,10-11H,3-6,9,12H2,1H3/t16-/m1/s1. The predicted molar refractivity (Wildman–Crippen MR) is 81.2 cm³/mol. The van der Waals surface area contributed by atoms with Gasteiger partial charge in [0, 0.05) is 38.4 Å². The molecule has 0 N–H and O–H groups in total. The SMILES string of the molecule is Cn1cc(N2CC[C@@]3(CCN(Cc4ccoc4)C3)C2=O)cn1. The van der Waals surface area contributed by atoms with Crippen LogP contribution in [0.2, 0.25) is 0 Å². The van der Waals surface area contributed by atoms with Gasteiger partial charge in [0.15, 0.2) is 0 Å². The molecule has 1 spiro atoms. The molecule has 0 bridgehead atoms. The number of carbonyl (C=O) groups excluding carboxylic acids is 1. The number of nitrogens with zero attached hydrogens (tertiary/aromatic N) is 4. The molecule has 4 heterocycles. The van der Waals surface area contributed by atoms with Crippen molar-refractivity contribution in [2.75, 3.05) is 24.5 Å². The topological polar surface area (TPSA) is 54.5 Å². The van der Waals surface area contributed by atoms with E-state index in [1.165, 1.54) is 5.56 Å². The van der Waals surface area contributed by atoms with Gasteiger partial charge in [-0.15, -0.1) is 0 Å². The van der Waals surface area contributed by atoms with E-state index in [0.717, 1.165) is 44.7 Å². The zero-order valence-electron chi connectivity index (χ0n) is 12.7. The molecule has 116 valence electrons. The normalized spacial score (nSPS) is 25.7. The highest BCUT2D eigenvalue weighted by Gasteiger charge is 2.51. The maximum absolute atomic E-state index is 12.9. The number of hydrogen-bond acceptors (Lipinski definition) is 4. The molecular formula is C16H20N4O2. The van der Waals surface area contributed by atoms with Crippen LogP contribution < -0.4 is 4.90 Å². The molecule has 2 aliphatic heterocycles. The molecule has 2 saturated heterocycles. The minimum Gasteiger partial charge on any atom is -0.472 e. The van der Waals surface area contributed by atoms with Gasteiger partial charge < -0.3 is 9.32 Å². The van der Waals surface area contributed by atoms with Gasteiger partial charge in [0.25, 0.3) is 0 Å². The molecule has 0 radical (unpaired) electrons. The summed E-state index contributed by atoms with van der Waals surface area (Å²) in [5.74, 6) is 0.259. The summed E-state index contributed by atoms with van der Waals surface area (Å²) in [6.45, 7) is 3.47. The Bertz CT molecular complexity index is 678. The number of likely N-dealkylation sites (tertiary alicyclic amines) is 1. The summed E-state index contributed by atoms with van der Waals surface area (Å²) in [4.78, 5) is 17.2. The maximum Gasteiger partial charge on any atom is 0.234 e. The molecule has 2 aromatic rings. The van der Waals surface area contributed by atoms with Crippen LogP contribution in [0.1, 0.15) is 18.4 Å². The van der Waals surface area contributed by atoms with Crippen molar-refractivity contribution in [3.8, 4) is 0 Å². The van der Waals surface area contributed by atoms with Gasteiger partial charge in [-0.2, -0.15) is 5.10 Å². The number of aromatic nitrogens is 2. The Morgan fingerprint density at radius 1 is 1.36 bits per heavy atom. The van der Waals surface area contributed by atoms with Crippen molar-refractivity contribution in [2.45, 2.75) is 19.4 Å². The fourth-order valence-electron chi connectivity index (χ4n) is 3.73. The molecule has 6 heteroatoms. The highest BCUT2D eigenvalue weighted by molar-refractivity contribution is 6.00. The smallest absolute Gasteiger partial charge is 0.234 e. The second-order valence-electron chi connectivity index (χ2n) is 6.45. The molecule has 1 amide bonds. The number of carbonyl (C=O) groups is 1. The van der Waals surface area contributed by atoms with Gasteiger partial charge in [-0.1, -0.05) is 0 Å². The van der Waals surface area contributed by atoms with Crippen LogP contribution in [0.25, 0.3) is 0 Å². The molecule has 2 fully saturated rings. The first-order valence-electron chi connectivity index (χ1n) is 7.70. The molecule has 1 atom stereocenters. The highest BCUT2D eigenvalue weighted by atomic mass is 16.3. The van der Waals surface area contributed by atoms with E-state index >= 15 is 0 Å². The number of rotatable bonds is 3. The third kappa shape index (κ3) is 2.14. The van der Waals surface area contributed by atoms with Crippen LogP contribution >= 0.6 is 0 Å². The Morgan fingerprint density at radius 2 is 2.23 bits per heavy atom. The summed E-state index contributed by atoms with van der Waals surface area (Å²) in [7, 11) is 1.88. The Kier molecular flexibility index (Phi) is 3.07. The maximum atomic E-state index is 12.9. The number of hydrogen-bond donors (Lipinski definition) is 0. The number of anilines is 1. The van der Waals surface area contributed by atoms with Gasteiger partial charge in [0.05, 0.1) is 29.8 Å². The van der Waals surface area contributed by atoms with Crippen molar-refractivity contribution < 1.29 is 9.21 Å². The third-order valence-corrected chi connectivity index (χ3v) is 4.93. The molecule has 2 aliphatic rings. The van der Waals surface area contributed by atoms with E-state index in [1.807, 2.05) is 24.2 Å². The summed E-state index contributed by atoms with van der Waals surface area (Å²) in [5.41, 5.74) is 1.88. The first-order valence-corrected chi connectivity index (χ1v) is 7.70. The molecule has 0 saturated carbocycles. The Hall–Kier alpha value is -2.08. The molecule has 0 aromatic carbocycles. The fourth-order valence-corrected chi connectivity index (χ4v) is 3.73. The van der Waals surface area contributed by atoms with Crippen molar-refractivity contribution >= 4 is 11.6 Å². The lowest BCUT2D eigenvalue weighted by Gasteiger charge is -2.23. The van der Waals surface area contributed by atoms with Crippen molar-refractivity contribution in [1.82, 2.24) is 14.7 Å². The van der Waals surface area contributed by atoms with Crippen LogP contribution in [0.3, 0.4) is 0 Å².